The van der Waals surface area contributed by atoms with Crippen molar-refractivity contribution in [1.29, 1.82) is 0 Å². The zero-order chi connectivity index (χ0) is 19.8. The zero-order valence-corrected chi connectivity index (χ0v) is 15.4. The Morgan fingerprint density at radius 3 is 2.35 bits per heavy atom. The Labute approximate surface area is 150 Å². The van der Waals surface area contributed by atoms with Crippen LogP contribution in [0.2, 0.25) is 0 Å². The number of hydrogen-bond acceptors (Lipinski definition) is 8. The van der Waals surface area contributed by atoms with E-state index in [2.05, 4.69) is 10.2 Å². The summed E-state index contributed by atoms with van der Waals surface area (Å²) in [6.45, 7) is 1.51. The number of nitrogens with zero attached hydrogens (tertiary/aromatic N) is 2. The van der Waals surface area contributed by atoms with Gasteiger partial charge in [-0.2, -0.15) is 27.1 Å². The van der Waals surface area contributed by atoms with Gasteiger partial charge >= 0.3 is 0 Å². The highest BCUT2D eigenvalue weighted by Crippen LogP contribution is 2.32. The summed E-state index contributed by atoms with van der Waals surface area (Å²) < 4.78 is 69.4. The van der Waals surface area contributed by atoms with Gasteiger partial charge in [-0.05, 0) is 36.8 Å². The summed E-state index contributed by atoms with van der Waals surface area (Å²) >= 11 is 0. The predicted octanol–water partition coefficient (Wildman–Crippen LogP) is 1.42. The van der Waals surface area contributed by atoms with Crippen molar-refractivity contribution in [1.82, 2.24) is 0 Å². The Hall–Kier alpha value is -2.12. The van der Waals surface area contributed by atoms with E-state index in [1.165, 1.54) is 38.3 Å². The van der Waals surface area contributed by atoms with Crippen molar-refractivity contribution in [2.45, 2.75) is 22.7 Å². The van der Waals surface area contributed by atoms with Crippen LogP contribution < -0.4 is 5.73 Å². The van der Waals surface area contributed by atoms with E-state index in [0.717, 1.165) is 12.1 Å². The average molecular weight is 403 g/mol. The van der Waals surface area contributed by atoms with Gasteiger partial charge in [0.05, 0.1) is 7.11 Å². The second-order valence-corrected chi connectivity index (χ2v) is 8.51. The number of benzene rings is 1. The second-order valence-electron chi connectivity index (χ2n) is 5.49. The third-order valence-corrected chi connectivity index (χ3v) is 5.76. The molecule has 2 unspecified atom stereocenters. The van der Waals surface area contributed by atoms with Crippen LogP contribution in [0.25, 0.3) is 0 Å². The third kappa shape index (κ3) is 3.83. The van der Waals surface area contributed by atoms with Crippen molar-refractivity contribution >= 4 is 25.9 Å². The molecule has 142 valence electrons. The largest absolute Gasteiger partial charge is 0.498 e. The molecule has 0 aromatic heterocycles. The number of azo groups is 1. The van der Waals surface area contributed by atoms with E-state index in [9.17, 15) is 25.9 Å². The zero-order valence-electron chi connectivity index (χ0n) is 13.8. The molecule has 10 nitrogen and oxygen atoms in total. The molecule has 0 amide bonds. The van der Waals surface area contributed by atoms with Gasteiger partial charge in [0.2, 0.25) is 4.87 Å². The van der Waals surface area contributed by atoms with Crippen LogP contribution >= 0.6 is 0 Å². The Kier molecular flexibility index (Phi) is 5.35. The molecule has 0 spiro atoms. The molecule has 1 aromatic rings. The summed E-state index contributed by atoms with van der Waals surface area (Å²) in [5, 5.41) is 7.76. The molecule has 0 fully saturated rings. The average Bonchev–Trinajstić information content (AvgIpc) is 2.52. The lowest BCUT2D eigenvalue weighted by molar-refractivity contribution is 0.254. The van der Waals surface area contributed by atoms with Crippen LogP contribution in [-0.4, -0.2) is 44.0 Å². The fourth-order valence-corrected chi connectivity index (χ4v) is 3.70. The number of methoxy groups -OCH3 is 1. The molecule has 12 heteroatoms. The molecule has 0 aliphatic heterocycles. The number of nitrogens with two attached hydrogens (primary N) is 1. The van der Waals surface area contributed by atoms with Crippen molar-refractivity contribution in [2.75, 3.05) is 7.11 Å². The molecule has 0 heterocycles. The molecule has 1 aliphatic carbocycles. The van der Waals surface area contributed by atoms with E-state index >= 15 is 0 Å². The maximum atomic E-state index is 11.6. The fraction of sp³-hybridized carbons (Fsp3) is 0.286. The quantitative estimate of drug-likeness (QED) is 0.376. The summed E-state index contributed by atoms with van der Waals surface area (Å²) in [5.41, 5.74) is 5.97. The van der Waals surface area contributed by atoms with Crippen LogP contribution in [0.1, 0.15) is 6.92 Å². The molecule has 4 N–H and O–H groups in total. The van der Waals surface area contributed by atoms with Crippen molar-refractivity contribution in [3.63, 3.8) is 0 Å². The van der Waals surface area contributed by atoms with E-state index in [-0.39, 0.29) is 11.4 Å². The first kappa shape index (κ1) is 20.2. The first-order valence-electron chi connectivity index (χ1n) is 7.09. The minimum absolute atomic E-state index is 0.102. The molecule has 2 atom stereocenters. The van der Waals surface area contributed by atoms with Gasteiger partial charge in [-0.3, -0.25) is 9.11 Å². The smallest absolute Gasteiger partial charge is 0.296 e. The molecule has 1 aliphatic rings. The number of rotatable bonds is 5. The van der Waals surface area contributed by atoms with E-state index in [1.807, 2.05) is 0 Å². The molecule has 26 heavy (non-hydrogen) atoms. The summed E-state index contributed by atoms with van der Waals surface area (Å²) in [7, 11) is -8.03. The van der Waals surface area contributed by atoms with Crippen LogP contribution in [0, 0.1) is 0 Å². The second kappa shape index (κ2) is 6.89. The summed E-state index contributed by atoms with van der Waals surface area (Å²) in [4.78, 5) is -2.69. The van der Waals surface area contributed by atoms with Gasteiger partial charge in [-0.15, -0.1) is 0 Å². The van der Waals surface area contributed by atoms with E-state index in [4.69, 9.17) is 10.5 Å². The summed E-state index contributed by atoms with van der Waals surface area (Å²) in [5.74, 6) is -0.266. The molecule has 1 aromatic carbocycles. The minimum Gasteiger partial charge on any atom is -0.498 e. The Morgan fingerprint density at radius 1 is 1.19 bits per heavy atom. The molecular weight excluding hydrogens is 386 g/mol. The van der Waals surface area contributed by atoms with Crippen LogP contribution in [0.3, 0.4) is 0 Å². The molecule has 0 radical (unpaired) electrons. The standard InChI is InChI=1S/C14H17N3O7S2/c1-9-8-14(15,26(21,22)23)13(24-2)7-11(9)17-16-10-5-3-4-6-12(10)25(18,19)20/h3-8,11H,15H2,1-2H3,(H,18,19,20)(H,21,22,23)/b17-16+. The Morgan fingerprint density at radius 2 is 1.81 bits per heavy atom. The predicted molar refractivity (Wildman–Crippen MR) is 91.9 cm³/mol. The topological polar surface area (TPSA) is 169 Å². The molecule has 2 rings (SSSR count). The van der Waals surface area contributed by atoms with Crippen molar-refractivity contribution in [3.05, 3.63) is 47.7 Å². The SMILES string of the molecule is COC1=CC(/N=N/c2ccccc2S(=O)(=O)O)C(C)=CC1(N)S(=O)(=O)O. The highest BCUT2D eigenvalue weighted by molar-refractivity contribution is 7.87. The molecule has 0 bridgehead atoms. The van der Waals surface area contributed by atoms with Gasteiger partial charge in [0.25, 0.3) is 20.2 Å². The van der Waals surface area contributed by atoms with Crippen LogP contribution in [-0.2, 0) is 25.0 Å². The van der Waals surface area contributed by atoms with Crippen molar-refractivity contribution in [3.8, 4) is 0 Å². The molecule has 0 saturated heterocycles. The maximum absolute atomic E-state index is 11.6. The lowest BCUT2D eigenvalue weighted by Gasteiger charge is -2.30. The normalized spacial score (nSPS) is 24.3. The fourth-order valence-electron chi connectivity index (χ4n) is 2.34. The van der Waals surface area contributed by atoms with E-state index in [1.54, 1.807) is 0 Å². The highest BCUT2D eigenvalue weighted by Gasteiger charge is 2.45. The van der Waals surface area contributed by atoms with Gasteiger partial charge in [0.1, 0.15) is 22.4 Å². The molecule has 0 saturated carbocycles. The van der Waals surface area contributed by atoms with Gasteiger partial charge in [0, 0.05) is 0 Å². The summed E-state index contributed by atoms with van der Waals surface area (Å²) in [6, 6.07) is 4.59. The lowest BCUT2D eigenvalue weighted by Crippen LogP contribution is -2.50. The highest BCUT2D eigenvalue weighted by atomic mass is 32.2. The first-order valence-corrected chi connectivity index (χ1v) is 9.97. The van der Waals surface area contributed by atoms with Crippen LogP contribution in [0.15, 0.2) is 62.9 Å². The van der Waals surface area contributed by atoms with Crippen LogP contribution in [0.5, 0.6) is 0 Å². The summed E-state index contributed by atoms with van der Waals surface area (Å²) in [6.07, 6.45) is 2.31. The van der Waals surface area contributed by atoms with Crippen molar-refractivity contribution in [2.24, 2.45) is 16.0 Å². The monoisotopic (exact) mass is 403 g/mol. The van der Waals surface area contributed by atoms with Gasteiger partial charge in [-0.25, -0.2) is 0 Å². The van der Waals surface area contributed by atoms with E-state index < -0.39 is 36.0 Å². The van der Waals surface area contributed by atoms with Gasteiger partial charge in [0.15, 0.2) is 0 Å². The van der Waals surface area contributed by atoms with E-state index in [0.29, 0.717) is 5.57 Å². The Balaban J connectivity index is 2.46. The third-order valence-electron chi connectivity index (χ3n) is 3.68. The minimum atomic E-state index is -4.71. The Bertz CT molecular complexity index is 1010. The van der Waals surface area contributed by atoms with Crippen molar-refractivity contribution < 1.29 is 30.7 Å². The first-order chi connectivity index (χ1) is 11.9. The van der Waals surface area contributed by atoms with Gasteiger partial charge in [-0.1, -0.05) is 12.1 Å². The molecular formula is C14H17N3O7S2. The lowest BCUT2D eigenvalue weighted by atomic mass is 9.98. The maximum Gasteiger partial charge on any atom is 0.296 e. The van der Waals surface area contributed by atoms with Gasteiger partial charge < -0.3 is 10.5 Å². The number of ether oxygens (including phenoxy) is 1. The number of hydrogen-bond donors (Lipinski definition) is 3. The van der Waals surface area contributed by atoms with Crippen LogP contribution in [0.4, 0.5) is 5.69 Å².